The molecule has 8 heteroatoms. The highest BCUT2D eigenvalue weighted by Crippen LogP contribution is 2.38. The van der Waals surface area contributed by atoms with Crippen molar-refractivity contribution in [3.63, 3.8) is 0 Å². The fourth-order valence-corrected chi connectivity index (χ4v) is 3.51. The molecule has 2 heterocycles. The minimum Gasteiger partial charge on any atom is -0.493 e. The molecule has 2 aromatic carbocycles. The molecule has 0 fully saturated rings. The van der Waals surface area contributed by atoms with Crippen LogP contribution in [0.3, 0.4) is 0 Å². The van der Waals surface area contributed by atoms with E-state index >= 15 is 0 Å². The third-order valence-electron chi connectivity index (χ3n) is 4.73. The summed E-state index contributed by atoms with van der Waals surface area (Å²) >= 11 is 0. The quantitative estimate of drug-likeness (QED) is 0.548. The van der Waals surface area contributed by atoms with E-state index in [1.54, 1.807) is 21.3 Å². The van der Waals surface area contributed by atoms with E-state index in [0.717, 1.165) is 27.4 Å². The molecule has 0 saturated heterocycles. The Kier molecular flexibility index (Phi) is 4.31. The zero-order valence-electron chi connectivity index (χ0n) is 15.9. The van der Waals surface area contributed by atoms with Crippen molar-refractivity contribution < 1.29 is 14.2 Å². The van der Waals surface area contributed by atoms with E-state index in [9.17, 15) is 0 Å². The van der Waals surface area contributed by atoms with Gasteiger partial charge in [-0.15, -0.1) is 0 Å². The van der Waals surface area contributed by atoms with Crippen LogP contribution in [0.5, 0.6) is 17.2 Å². The molecule has 8 nitrogen and oxygen atoms in total. The van der Waals surface area contributed by atoms with Crippen LogP contribution in [0.15, 0.2) is 36.5 Å². The van der Waals surface area contributed by atoms with Crippen molar-refractivity contribution in [3.05, 3.63) is 42.1 Å². The maximum absolute atomic E-state index is 6.11. The number of fused-ring (bicyclic) bond motifs is 3. The van der Waals surface area contributed by atoms with Crippen LogP contribution in [0, 0.1) is 0 Å². The number of hydrogen-bond donors (Lipinski definition) is 2. The van der Waals surface area contributed by atoms with Crippen LogP contribution in [-0.2, 0) is 6.54 Å². The largest absolute Gasteiger partial charge is 0.493 e. The molecule has 4 N–H and O–H groups in total. The van der Waals surface area contributed by atoms with Crippen LogP contribution in [0.4, 0.5) is 11.8 Å². The number of hydrogen-bond acceptors (Lipinski definition) is 7. The summed E-state index contributed by atoms with van der Waals surface area (Å²) in [6, 6.07) is 9.78. The number of nitrogens with two attached hydrogens (primary N) is 2. The summed E-state index contributed by atoms with van der Waals surface area (Å²) in [5.41, 5.74) is 14.6. The Balaban J connectivity index is 1.82. The number of ether oxygens (including phenoxy) is 3. The highest BCUT2D eigenvalue weighted by atomic mass is 16.5. The molecule has 28 heavy (non-hydrogen) atoms. The van der Waals surface area contributed by atoms with E-state index < -0.39 is 0 Å². The standard InChI is InChI=1S/C20H21N5O3/c1-26-15-8-11(9-16(27-2)18(15)28-3)10-25-7-6-12-14(25)5-4-13-17(12)19(21)24-20(22)23-13/h4-9H,10H2,1-3H3,(H4,21,22,23,24). The maximum atomic E-state index is 6.11. The van der Waals surface area contributed by atoms with Crippen molar-refractivity contribution in [2.45, 2.75) is 6.54 Å². The number of rotatable bonds is 5. The second-order valence-electron chi connectivity index (χ2n) is 6.34. The molecule has 144 valence electrons. The molecule has 0 amide bonds. The van der Waals surface area contributed by atoms with Gasteiger partial charge in [-0.1, -0.05) is 0 Å². The molecule has 0 bridgehead atoms. The Hall–Kier alpha value is -3.68. The summed E-state index contributed by atoms with van der Waals surface area (Å²) < 4.78 is 18.4. The summed E-state index contributed by atoms with van der Waals surface area (Å²) in [6.45, 7) is 0.613. The summed E-state index contributed by atoms with van der Waals surface area (Å²) in [4.78, 5) is 8.37. The normalized spacial score (nSPS) is 11.1. The number of aromatic nitrogens is 3. The number of benzene rings is 2. The monoisotopic (exact) mass is 379 g/mol. The zero-order valence-corrected chi connectivity index (χ0v) is 15.9. The third-order valence-corrected chi connectivity index (χ3v) is 4.73. The minimum atomic E-state index is 0.168. The fraction of sp³-hybridized carbons (Fsp3) is 0.200. The molecule has 0 aliphatic carbocycles. The van der Waals surface area contributed by atoms with E-state index in [1.807, 2.05) is 36.5 Å². The van der Waals surface area contributed by atoms with Crippen molar-refractivity contribution in [1.82, 2.24) is 14.5 Å². The lowest BCUT2D eigenvalue weighted by Crippen LogP contribution is -2.02. The molecule has 2 aromatic heterocycles. The summed E-state index contributed by atoms with van der Waals surface area (Å²) in [7, 11) is 4.79. The predicted molar refractivity (Wildman–Crippen MR) is 109 cm³/mol. The van der Waals surface area contributed by atoms with Gasteiger partial charge < -0.3 is 30.2 Å². The van der Waals surface area contributed by atoms with Gasteiger partial charge in [-0.2, -0.15) is 4.98 Å². The first-order chi connectivity index (χ1) is 13.5. The molecule has 0 saturated carbocycles. The fourth-order valence-electron chi connectivity index (χ4n) is 3.51. The highest BCUT2D eigenvalue weighted by Gasteiger charge is 2.15. The van der Waals surface area contributed by atoms with E-state index in [4.69, 9.17) is 25.7 Å². The number of methoxy groups -OCH3 is 3. The van der Waals surface area contributed by atoms with Crippen LogP contribution < -0.4 is 25.7 Å². The van der Waals surface area contributed by atoms with Crippen LogP contribution in [-0.4, -0.2) is 35.9 Å². The van der Waals surface area contributed by atoms with E-state index in [2.05, 4.69) is 14.5 Å². The molecule has 0 spiro atoms. The van der Waals surface area contributed by atoms with Gasteiger partial charge >= 0.3 is 0 Å². The van der Waals surface area contributed by atoms with Gasteiger partial charge in [-0.25, -0.2) is 4.98 Å². The molecule has 0 unspecified atom stereocenters. The topological polar surface area (TPSA) is 110 Å². The van der Waals surface area contributed by atoms with Crippen molar-refractivity contribution in [2.75, 3.05) is 32.8 Å². The second kappa shape index (κ2) is 6.80. The number of nitrogen functional groups attached to an aromatic ring is 2. The van der Waals surface area contributed by atoms with Gasteiger partial charge in [0.25, 0.3) is 0 Å². The van der Waals surface area contributed by atoms with Crippen molar-refractivity contribution in [3.8, 4) is 17.2 Å². The first kappa shape index (κ1) is 17.7. The first-order valence-corrected chi connectivity index (χ1v) is 8.65. The Morgan fingerprint density at radius 2 is 1.64 bits per heavy atom. The van der Waals surface area contributed by atoms with Crippen LogP contribution in [0.25, 0.3) is 21.8 Å². The predicted octanol–water partition coefficient (Wildman–Crippen LogP) is 2.82. The van der Waals surface area contributed by atoms with Crippen molar-refractivity contribution in [2.24, 2.45) is 0 Å². The van der Waals surface area contributed by atoms with Crippen LogP contribution >= 0.6 is 0 Å². The second-order valence-corrected chi connectivity index (χ2v) is 6.34. The SMILES string of the molecule is COc1cc(Cn2ccc3c4c(N)nc(N)nc4ccc32)cc(OC)c1OC. The van der Waals surface area contributed by atoms with Gasteiger partial charge in [-0.3, -0.25) is 0 Å². The van der Waals surface area contributed by atoms with Crippen molar-refractivity contribution in [1.29, 1.82) is 0 Å². The highest BCUT2D eigenvalue weighted by molar-refractivity contribution is 6.10. The Bertz CT molecular complexity index is 1160. The Morgan fingerprint density at radius 1 is 0.929 bits per heavy atom. The molecule has 0 atom stereocenters. The molecule has 4 aromatic rings. The molecule has 0 aliphatic rings. The third kappa shape index (κ3) is 2.79. The Morgan fingerprint density at radius 3 is 2.29 bits per heavy atom. The average molecular weight is 379 g/mol. The molecule has 0 radical (unpaired) electrons. The minimum absolute atomic E-state index is 0.168. The smallest absolute Gasteiger partial charge is 0.222 e. The van der Waals surface area contributed by atoms with E-state index in [1.165, 1.54) is 0 Å². The lowest BCUT2D eigenvalue weighted by molar-refractivity contribution is 0.323. The molecule has 0 aliphatic heterocycles. The van der Waals surface area contributed by atoms with Gasteiger partial charge in [0.2, 0.25) is 11.7 Å². The number of nitrogens with zero attached hydrogens (tertiary/aromatic N) is 3. The van der Waals surface area contributed by atoms with Crippen LogP contribution in [0.2, 0.25) is 0 Å². The van der Waals surface area contributed by atoms with E-state index in [-0.39, 0.29) is 5.95 Å². The molecular formula is C20H21N5O3. The van der Waals surface area contributed by atoms with Gasteiger partial charge in [-0.05, 0) is 35.9 Å². The van der Waals surface area contributed by atoms with Gasteiger partial charge in [0.15, 0.2) is 11.5 Å². The summed E-state index contributed by atoms with van der Waals surface area (Å²) in [6.07, 6.45) is 2.00. The summed E-state index contributed by atoms with van der Waals surface area (Å²) in [5, 5.41) is 1.78. The zero-order chi connectivity index (χ0) is 19.8. The molecular weight excluding hydrogens is 358 g/mol. The van der Waals surface area contributed by atoms with Crippen LogP contribution in [0.1, 0.15) is 5.56 Å². The first-order valence-electron chi connectivity index (χ1n) is 8.65. The lowest BCUT2D eigenvalue weighted by Gasteiger charge is -2.15. The van der Waals surface area contributed by atoms with Gasteiger partial charge in [0.1, 0.15) is 5.82 Å². The van der Waals surface area contributed by atoms with Crippen molar-refractivity contribution >= 4 is 33.6 Å². The van der Waals surface area contributed by atoms with Gasteiger partial charge in [0, 0.05) is 23.6 Å². The lowest BCUT2D eigenvalue weighted by atomic mass is 10.1. The number of anilines is 2. The van der Waals surface area contributed by atoms with E-state index in [0.29, 0.717) is 29.6 Å². The van der Waals surface area contributed by atoms with Gasteiger partial charge in [0.05, 0.1) is 32.2 Å². The molecule has 4 rings (SSSR count). The Labute approximate surface area is 161 Å². The maximum Gasteiger partial charge on any atom is 0.222 e. The average Bonchev–Trinajstić information content (AvgIpc) is 3.09. The summed E-state index contributed by atoms with van der Waals surface area (Å²) in [5.74, 6) is 2.35.